The van der Waals surface area contributed by atoms with Gasteiger partial charge in [-0.3, -0.25) is 19.8 Å². The van der Waals surface area contributed by atoms with Crippen molar-refractivity contribution >= 4 is 51.2 Å². The van der Waals surface area contributed by atoms with E-state index in [-0.39, 0.29) is 23.3 Å². The molecule has 1 aromatic rings. The second-order valence-corrected chi connectivity index (χ2v) is 7.13. The number of hydrogen-bond acceptors (Lipinski definition) is 5. The van der Waals surface area contributed by atoms with Crippen LogP contribution in [0.25, 0.3) is 6.08 Å². The number of thiocarbonyl (C=S) groups is 1. The van der Waals surface area contributed by atoms with E-state index < -0.39 is 11.8 Å². The number of nitrogens with one attached hydrogen (secondary N) is 1. The summed E-state index contributed by atoms with van der Waals surface area (Å²) in [6, 6.07) is 3.47. The largest absolute Gasteiger partial charge is 0.493 e. The molecule has 1 fully saturated rings. The monoisotopic (exact) mass is 452 g/mol. The highest BCUT2D eigenvalue weighted by atomic mass is 79.9. The Kier molecular flexibility index (Phi) is 7.15. The summed E-state index contributed by atoms with van der Waals surface area (Å²) >= 11 is 8.52. The molecule has 1 aliphatic rings. The standard InChI is InChI=1S/C19H21BrN2O4S/c1-5-7-22-18(24)13(17(23)21-19(22)27)8-12-9-14(20)16(15(10-12)25-4)26-11(3)6-2/h5,8-11H,1,6-7H2,2-4H3,(H,21,23,27)/b13-8+/t11-/m1/s1. The third-order valence-corrected chi connectivity index (χ3v) is 4.87. The van der Waals surface area contributed by atoms with Gasteiger partial charge in [-0.25, -0.2) is 0 Å². The lowest BCUT2D eigenvalue weighted by Gasteiger charge is -2.27. The van der Waals surface area contributed by atoms with Gasteiger partial charge in [-0.15, -0.1) is 6.58 Å². The molecule has 1 aromatic carbocycles. The third kappa shape index (κ3) is 4.75. The van der Waals surface area contributed by atoms with Crippen LogP contribution in [0.5, 0.6) is 11.5 Å². The van der Waals surface area contributed by atoms with Crippen LogP contribution in [0.4, 0.5) is 0 Å². The topological polar surface area (TPSA) is 67.9 Å². The zero-order valence-corrected chi connectivity index (χ0v) is 17.8. The van der Waals surface area contributed by atoms with E-state index in [0.717, 1.165) is 6.42 Å². The van der Waals surface area contributed by atoms with Gasteiger partial charge in [-0.2, -0.15) is 0 Å². The number of carbonyl (C=O) groups is 2. The van der Waals surface area contributed by atoms with Gasteiger partial charge in [0, 0.05) is 6.54 Å². The number of hydrogen-bond donors (Lipinski definition) is 1. The van der Waals surface area contributed by atoms with Crippen molar-refractivity contribution in [2.75, 3.05) is 13.7 Å². The molecule has 1 aliphatic heterocycles. The van der Waals surface area contributed by atoms with Crippen LogP contribution in [0.2, 0.25) is 0 Å². The highest BCUT2D eigenvalue weighted by Crippen LogP contribution is 2.38. The molecule has 1 N–H and O–H groups in total. The van der Waals surface area contributed by atoms with Crippen molar-refractivity contribution in [2.45, 2.75) is 26.4 Å². The molecular formula is C19H21BrN2O4S. The average molecular weight is 453 g/mol. The number of methoxy groups -OCH3 is 1. The minimum Gasteiger partial charge on any atom is -0.493 e. The summed E-state index contributed by atoms with van der Waals surface area (Å²) in [4.78, 5) is 26.2. The number of carbonyl (C=O) groups excluding carboxylic acids is 2. The van der Waals surface area contributed by atoms with Crippen LogP contribution in [-0.2, 0) is 9.59 Å². The van der Waals surface area contributed by atoms with Crippen molar-refractivity contribution < 1.29 is 19.1 Å². The van der Waals surface area contributed by atoms with Crippen molar-refractivity contribution in [3.63, 3.8) is 0 Å². The molecule has 6 nitrogen and oxygen atoms in total. The number of amides is 2. The van der Waals surface area contributed by atoms with Gasteiger partial charge in [0.05, 0.1) is 17.7 Å². The van der Waals surface area contributed by atoms with E-state index >= 15 is 0 Å². The molecule has 2 rings (SSSR count). The Morgan fingerprint density at radius 3 is 2.70 bits per heavy atom. The van der Waals surface area contributed by atoms with Crippen molar-refractivity contribution in [2.24, 2.45) is 0 Å². The molecule has 144 valence electrons. The van der Waals surface area contributed by atoms with Crippen molar-refractivity contribution in [3.05, 3.63) is 40.4 Å². The predicted molar refractivity (Wildman–Crippen MR) is 112 cm³/mol. The summed E-state index contributed by atoms with van der Waals surface area (Å²) in [6.07, 6.45) is 3.89. The Balaban J connectivity index is 2.44. The van der Waals surface area contributed by atoms with Crippen LogP contribution in [0.15, 0.2) is 34.8 Å². The lowest BCUT2D eigenvalue weighted by molar-refractivity contribution is -0.128. The summed E-state index contributed by atoms with van der Waals surface area (Å²) in [6.45, 7) is 7.80. The van der Waals surface area contributed by atoms with Gasteiger partial charge in [-0.1, -0.05) is 13.0 Å². The van der Waals surface area contributed by atoms with E-state index in [1.807, 2.05) is 13.8 Å². The average Bonchev–Trinajstić information content (AvgIpc) is 2.63. The summed E-state index contributed by atoms with van der Waals surface area (Å²) in [7, 11) is 1.53. The fourth-order valence-corrected chi connectivity index (χ4v) is 3.18. The molecule has 1 atom stereocenters. The summed E-state index contributed by atoms with van der Waals surface area (Å²) in [5, 5.41) is 2.58. The number of ether oxygens (including phenoxy) is 2. The van der Waals surface area contributed by atoms with Crippen LogP contribution in [-0.4, -0.2) is 41.6 Å². The molecule has 27 heavy (non-hydrogen) atoms. The fraction of sp³-hybridized carbons (Fsp3) is 0.316. The molecule has 1 saturated heterocycles. The first-order valence-corrected chi connectivity index (χ1v) is 9.56. The quantitative estimate of drug-likeness (QED) is 0.297. The predicted octanol–water partition coefficient (Wildman–Crippen LogP) is 3.45. The van der Waals surface area contributed by atoms with E-state index in [1.54, 1.807) is 18.2 Å². The number of rotatable bonds is 7. The van der Waals surface area contributed by atoms with Crippen molar-refractivity contribution in [1.82, 2.24) is 10.2 Å². The van der Waals surface area contributed by atoms with Gasteiger partial charge in [0.2, 0.25) is 0 Å². The molecule has 2 amide bonds. The van der Waals surface area contributed by atoms with Crippen molar-refractivity contribution in [1.29, 1.82) is 0 Å². The van der Waals surface area contributed by atoms with Crippen LogP contribution in [0.3, 0.4) is 0 Å². The minimum atomic E-state index is -0.541. The first-order chi connectivity index (χ1) is 12.8. The highest BCUT2D eigenvalue weighted by molar-refractivity contribution is 9.10. The Morgan fingerprint density at radius 2 is 2.11 bits per heavy atom. The van der Waals surface area contributed by atoms with Crippen LogP contribution >= 0.6 is 28.1 Å². The maximum Gasteiger partial charge on any atom is 0.265 e. The lowest BCUT2D eigenvalue weighted by Crippen LogP contribution is -2.53. The fourth-order valence-electron chi connectivity index (χ4n) is 2.38. The van der Waals surface area contributed by atoms with E-state index in [9.17, 15) is 9.59 Å². The maximum atomic E-state index is 12.6. The summed E-state index contributed by atoms with van der Waals surface area (Å²) in [5.41, 5.74) is 0.593. The Morgan fingerprint density at radius 1 is 1.41 bits per heavy atom. The van der Waals surface area contributed by atoms with Gasteiger partial charge < -0.3 is 9.47 Å². The lowest BCUT2D eigenvalue weighted by atomic mass is 10.1. The Bertz CT molecular complexity index is 822. The molecule has 8 heteroatoms. The van der Waals surface area contributed by atoms with Crippen molar-refractivity contribution in [3.8, 4) is 11.5 Å². The molecule has 0 radical (unpaired) electrons. The number of benzene rings is 1. The SMILES string of the molecule is C=CCN1C(=O)/C(=C/c2cc(Br)c(O[C@H](C)CC)c(OC)c2)C(=O)NC1=S. The van der Waals surface area contributed by atoms with Crippen LogP contribution in [0.1, 0.15) is 25.8 Å². The number of halogens is 1. The van der Waals surface area contributed by atoms with Crippen LogP contribution in [0, 0.1) is 0 Å². The van der Waals surface area contributed by atoms with E-state index in [0.29, 0.717) is 21.5 Å². The smallest absolute Gasteiger partial charge is 0.265 e. The highest BCUT2D eigenvalue weighted by Gasteiger charge is 2.32. The Labute approximate surface area is 172 Å². The molecule has 0 aromatic heterocycles. The van der Waals surface area contributed by atoms with E-state index in [4.69, 9.17) is 21.7 Å². The third-order valence-electron chi connectivity index (χ3n) is 3.95. The van der Waals surface area contributed by atoms with E-state index in [2.05, 4.69) is 27.8 Å². The molecule has 0 bridgehead atoms. The molecule has 0 spiro atoms. The summed E-state index contributed by atoms with van der Waals surface area (Å²) in [5.74, 6) is 0.0561. The maximum absolute atomic E-state index is 12.6. The molecule has 1 heterocycles. The second kappa shape index (κ2) is 9.14. The normalized spacial score (nSPS) is 17.0. The van der Waals surface area contributed by atoms with Gasteiger partial charge in [-0.05, 0) is 65.3 Å². The first kappa shape index (κ1) is 21.1. The first-order valence-electron chi connectivity index (χ1n) is 8.36. The second-order valence-electron chi connectivity index (χ2n) is 5.89. The Hall–Kier alpha value is -2.19. The van der Waals surface area contributed by atoms with Gasteiger partial charge in [0.1, 0.15) is 5.57 Å². The van der Waals surface area contributed by atoms with Crippen LogP contribution < -0.4 is 14.8 Å². The van der Waals surface area contributed by atoms with E-state index in [1.165, 1.54) is 18.1 Å². The molecular weight excluding hydrogens is 432 g/mol. The zero-order valence-electron chi connectivity index (χ0n) is 15.4. The van der Waals surface area contributed by atoms with Gasteiger partial charge in [0.15, 0.2) is 16.6 Å². The molecule has 0 unspecified atom stereocenters. The summed E-state index contributed by atoms with van der Waals surface area (Å²) < 4.78 is 12.0. The minimum absolute atomic E-state index is 0.0126. The van der Waals surface area contributed by atoms with Gasteiger partial charge >= 0.3 is 0 Å². The zero-order chi connectivity index (χ0) is 20.1. The molecule has 0 aliphatic carbocycles. The van der Waals surface area contributed by atoms with Gasteiger partial charge in [0.25, 0.3) is 11.8 Å². The number of nitrogens with zero attached hydrogens (tertiary/aromatic N) is 1. The molecule has 0 saturated carbocycles.